The van der Waals surface area contributed by atoms with Crippen LogP contribution in [-0.2, 0) is 6.18 Å². The molecule has 0 radical (unpaired) electrons. The van der Waals surface area contributed by atoms with E-state index in [-0.39, 0.29) is 11.0 Å². The Morgan fingerprint density at radius 2 is 1.81 bits per heavy atom. The standard InChI is InChI=1S/C15H22ClF3N2/c1-11(2)7-5-3-4-6-8-20-14-10-12(15(17,18)19)9-13(16)21-14/h9-11H,3-8H2,1-2H3,(H,20,21). The first-order valence-electron chi connectivity index (χ1n) is 7.27. The molecule has 0 aliphatic carbocycles. The van der Waals surface area contributed by atoms with Gasteiger partial charge in [0.05, 0.1) is 5.56 Å². The van der Waals surface area contributed by atoms with Gasteiger partial charge in [0.25, 0.3) is 0 Å². The van der Waals surface area contributed by atoms with Crippen LogP contribution in [0, 0.1) is 5.92 Å². The minimum Gasteiger partial charge on any atom is -0.370 e. The topological polar surface area (TPSA) is 24.9 Å². The number of alkyl halides is 3. The van der Waals surface area contributed by atoms with Crippen molar-refractivity contribution in [1.82, 2.24) is 4.98 Å². The first-order chi connectivity index (χ1) is 9.79. The maximum absolute atomic E-state index is 12.6. The van der Waals surface area contributed by atoms with Gasteiger partial charge in [0.1, 0.15) is 11.0 Å². The highest BCUT2D eigenvalue weighted by molar-refractivity contribution is 6.29. The normalized spacial score (nSPS) is 12.0. The third-order valence-electron chi connectivity index (χ3n) is 3.14. The van der Waals surface area contributed by atoms with Crippen LogP contribution in [0.15, 0.2) is 12.1 Å². The third-order valence-corrected chi connectivity index (χ3v) is 3.33. The third kappa shape index (κ3) is 7.55. The SMILES string of the molecule is CC(C)CCCCCCNc1cc(C(F)(F)F)cc(Cl)n1. The Balaban J connectivity index is 2.34. The lowest BCUT2D eigenvalue weighted by Gasteiger charge is -2.11. The molecular formula is C15H22ClF3N2. The summed E-state index contributed by atoms with van der Waals surface area (Å²) in [6.07, 6.45) is 1.14. The van der Waals surface area contributed by atoms with Gasteiger partial charge in [-0.3, -0.25) is 0 Å². The van der Waals surface area contributed by atoms with Crippen molar-refractivity contribution < 1.29 is 13.2 Å². The molecule has 1 N–H and O–H groups in total. The van der Waals surface area contributed by atoms with E-state index in [1.165, 1.54) is 12.8 Å². The highest BCUT2D eigenvalue weighted by Gasteiger charge is 2.31. The summed E-state index contributed by atoms with van der Waals surface area (Å²) in [7, 11) is 0. The van der Waals surface area contributed by atoms with Gasteiger partial charge in [-0.05, 0) is 24.5 Å². The van der Waals surface area contributed by atoms with Gasteiger partial charge in [-0.25, -0.2) is 4.98 Å². The van der Waals surface area contributed by atoms with E-state index in [1.54, 1.807) is 0 Å². The van der Waals surface area contributed by atoms with Gasteiger partial charge in [0.2, 0.25) is 0 Å². The second-order valence-corrected chi connectivity index (χ2v) is 5.97. The maximum Gasteiger partial charge on any atom is 0.416 e. The van der Waals surface area contributed by atoms with Crippen molar-refractivity contribution in [2.75, 3.05) is 11.9 Å². The molecule has 0 spiro atoms. The Morgan fingerprint density at radius 3 is 2.43 bits per heavy atom. The Morgan fingerprint density at radius 1 is 1.14 bits per heavy atom. The molecule has 0 unspecified atom stereocenters. The van der Waals surface area contributed by atoms with Gasteiger partial charge in [-0.2, -0.15) is 13.2 Å². The lowest BCUT2D eigenvalue weighted by molar-refractivity contribution is -0.137. The Kier molecular flexibility index (Phi) is 7.29. The average molecular weight is 323 g/mol. The largest absolute Gasteiger partial charge is 0.416 e. The van der Waals surface area contributed by atoms with Crippen LogP contribution in [0.1, 0.15) is 51.5 Å². The fourth-order valence-electron chi connectivity index (χ4n) is 2.00. The van der Waals surface area contributed by atoms with E-state index in [0.29, 0.717) is 6.54 Å². The fourth-order valence-corrected chi connectivity index (χ4v) is 2.21. The molecule has 0 aliphatic heterocycles. The lowest BCUT2D eigenvalue weighted by atomic mass is 10.0. The summed E-state index contributed by atoms with van der Waals surface area (Å²) in [6.45, 7) is 5.00. The summed E-state index contributed by atoms with van der Waals surface area (Å²) in [5.74, 6) is 0.900. The number of pyridine rings is 1. The zero-order valence-corrected chi connectivity index (χ0v) is 13.2. The van der Waals surface area contributed by atoms with Gasteiger partial charge in [0.15, 0.2) is 0 Å². The molecule has 1 rings (SSSR count). The van der Waals surface area contributed by atoms with E-state index < -0.39 is 11.7 Å². The summed E-state index contributed by atoms with van der Waals surface area (Å²) >= 11 is 5.62. The average Bonchev–Trinajstić information content (AvgIpc) is 2.35. The molecule has 1 heterocycles. The van der Waals surface area contributed by atoms with E-state index in [0.717, 1.165) is 37.3 Å². The molecule has 120 valence electrons. The minimum absolute atomic E-state index is 0.149. The van der Waals surface area contributed by atoms with Crippen LogP contribution in [-0.4, -0.2) is 11.5 Å². The van der Waals surface area contributed by atoms with Crippen LogP contribution in [0.3, 0.4) is 0 Å². The van der Waals surface area contributed by atoms with Gasteiger partial charge in [-0.1, -0.05) is 51.1 Å². The molecule has 0 saturated heterocycles. The van der Waals surface area contributed by atoms with Crippen LogP contribution in [0.25, 0.3) is 0 Å². The van der Waals surface area contributed by atoms with Crippen LogP contribution in [0.4, 0.5) is 19.0 Å². The number of hydrogen-bond acceptors (Lipinski definition) is 2. The maximum atomic E-state index is 12.6. The number of nitrogens with one attached hydrogen (secondary N) is 1. The van der Waals surface area contributed by atoms with Crippen molar-refractivity contribution >= 4 is 17.4 Å². The minimum atomic E-state index is -4.40. The number of unbranched alkanes of at least 4 members (excludes halogenated alkanes) is 3. The molecule has 2 nitrogen and oxygen atoms in total. The molecule has 0 aromatic carbocycles. The predicted molar refractivity (Wildman–Crippen MR) is 80.7 cm³/mol. The Labute approximate surface area is 129 Å². The van der Waals surface area contributed by atoms with Crippen LogP contribution in [0.2, 0.25) is 5.15 Å². The number of aromatic nitrogens is 1. The second kappa shape index (κ2) is 8.47. The van der Waals surface area contributed by atoms with Gasteiger partial charge in [-0.15, -0.1) is 0 Å². The molecule has 0 bridgehead atoms. The zero-order valence-electron chi connectivity index (χ0n) is 12.4. The number of halogens is 4. The van der Waals surface area contributed by atoms with Crippen molar-refractivity contribution in [3.8, 4) is 0 Å². The number of nitrogens with zero attached hydrogens (tertiary/aromatic N) is 1. The quantitative estimate of drug-likeness (QED) is 0.485. The molecule has 0 aliphatic rings. The van der Waals surface area contributed by atoms with Gasteiger partial charge < -0.3 is 5.32 Å². The Bertz CT molecular complexity index is 433. The Hall–Kier alpha value is -0.970. The summed E-state index contributed by atoms with van der Waals surface area (Å²) in [6, 6.07) is 1.82. The zero-order chi connectivity index (χ0) is 15.9. The highest BCUT2D eigenvalue weighted by atomic mass is 35.5. The molecule has 21 heavy (non-hydrogen) atoms. The summed E-state index contributed by atoms with van der Waals surface area (Å²) in [5.41, 5.74) is -0.776. The van der Waals surface area contributed by atoms with Crippen molar-refractivity contribution in [3.05, 3.63) is 22.8 Å². The van der Waals surface area contributed by atoms with Gasteiger partial charge in [0, 0.05) is 6.54 Å². The molecule has 6 heteroatoms. The number of hydrogen-bond donors (Lipinski definition) is 1. The fraction of sp³-hybridized carbons (Fsp3) is 0.667. The predicted octanol–water partition coefficient (Wildman–Crippen LogP) is 5.77. The van der Waals surface area contributed by atoms with E-state index in [9.17, 15) is 13.2 Å². The number of rotatable bonds is 8. The summed E-state index contributed by atoms with van der Waals surface area (Å²) in [5, 5.41) is 2.75. The van der Waals surface area contributed by atoms with Crippen LogP contribution in [0.5, 0.6) is 0 Å². The van der Waals surface area contributed by atoms with E-state index in [4.69, 9.17) is 11.6 Å². The van der Waals surface area contributed by atoms with Crippen LogP contribution >= 0.6 is 11.6 Å². The van der Waals surface area contributed by atoms with E-state index in [2.05, 4.69) is 24.1 Å². The van der Waals surface area contributed by atoms with Crippen molar-refractivity contribution in [3.63, 3.8) is 0 Å². The van der Waals surface area contributed by atoms with Crippen LogP contribution < -0.4 is 5.32 Å². The highest BCUT2D eigenvalue weighted by Crippen LogP contribution is 2.31. The smallest absolute Gasteiger partial charge is 0.370 e. The first-order valence-corrected chi connectivity index (χ1v) is 7.65. The molecule has 1 aromatic rings. The van der Waals surface area contributed by atoms with E-state index in [1.807, 2.05) is 0 Å². The molecule has 0 atom stereocenters. The molecule has 0 fully saturated rings. The first kappa shape index (κ1) is 18.1. The summed E-state index contributed by atoms with van der Waals surface area (Å²) in [4.78, 5) is 3.86. The second-order valence-electron chi connectivity index (χ2n) is 5.59. The van der Waals surface area contributed by atoms with E-state index >= 15 is 0 Å². The van der Waals surface area contributed by atoms with Crippen molar-refractivity contribution in [2.45, 2.75) is 52.1 Å². The lowest BCUT2D eigenvalue weighted by Crippen LogP contribution is -2.09. The van der Waals surface area contributed by atoms with Gasteiger partial charge >= 0.3 is 6.18 Å². The molecule has 0 saturated carbocycles. The van der Waals surface area contributed by atoms with Crippen molar-refractivity contribution in [1.29, 1.82) is 0 Å². The van der Waals surface area contributed by atoms with Crippen molar-refractivity contribution in [2.24, 2.45) is 5.92 Å². The molecule has 1 aromatic heterocycles. The monoisotopic (exact) mass is 322 g/mol. The molecular weight excluding hydrogens is 301 g/mol. The summed E-state index contributed by atoms with van der Waals surface area (Å²) < 4.78 is 37.9. The molecule has 0 amide bonds. The number of anilines is 1.